The molecule has 4 rings (SSSR count). The summed E-state index contributed by atoms with van der Waals surface area (Å²) >= 11 is 0. The summed E-state index contributed by atoms with van der Waals surface area (Å²) in [6, 6.07) is 3.85. The van der Waals surface area contributed by atoms with Gasteiger partial charge in [0, 0.05) is 19.6 Å². The number of fused-ring (bicyclic) bond motifs is 1. The van der Waals surface area contributed by atoms with E-state index in [2.05, 4.69) is 24.8 Å². The normalized spacial score (nSPS) is 22.9. The van der Waals surface area contributed by atoms with Crippen LogP contribution in [0, 0.1) is 5.92 Å². The van der Waals surface area contributed by atoms with Gasteiger partial charge in [0.2, 0.25) is 0 Å². The van der Waals surface area contributed by atoms with Crippen LogP contribution in [0.3, 0.4) is 0 Å². The van der Waals surface area contributed by atoms with Crippen molar-refractivity contribution in [3.63, 3.8) is 0 Å². The summed E-state index contributed by atoms with van der Waals surface area (Å²) in [6.07, 6.45) is 9.68. The zero-order chi connectivity index (χ0) is 17.1. The second kappa shape index (κ2) is 7.52. The average Bonchev–Trinajstić information content (AvgIpc) is 2.90. The Morgan fingerprint density at radius 3 is 2.68 bits per heavy atom. The zero-order valence-electron chi connectivity index (χ0n) is 14.9. The Kier molecular flexibility index (Phi) is 4.97. The second-order valence-electron chi connectivity index (χ2n) is 7.47. The summed E-state index contributed by atoms with van der Waals surface area (Å²) in [5.41, 5.74) is 6.49. The van der Waals surface area contributed by atoms with E-state index in [9.17, 15) is 0 Å². The summed E-state index contributed by atoms with van der Waals surface area (Å²) in [4.78, 5) is 18.3. The smallest absolute Gasteiger partial charge is 0.166 e. The molecular formula is C19H28N6. The van der Waals surface area contributed by atoms with Crippen LogP contribution in [0.5, 0.6) is 0 Å². The van der Waals surface area contributed by atoms with Crippen molar-refractivity contribution in [3.8, 4) is 0 Å². The molecule has 2 saturated heterocycles. The Morgan fingerprint density at radius 1 is 1.00 bits per heavy atom. The number of nitrogens with zero attached hydrogens (tertiary/aromatic N) is 5. The topological polar surface area (TPSA) is 71.2 Å². The van der Waals surface area contributed by atoms with Crippen LogP contribution in [0.2, 0.25) is 0 Å². The van der Waals surface area contributed by atoms with Gasteiger partial charge in [0.15, 0.2) is 5.65 Å². The van der Waals surface area contributed by atoms with Crippen molar-refractivity contribution in [2.75, 3.05) is 43.4 Å². The molecule has 0 unspecified atom stereocenters. The molecule has 6 nitrogen and oxygen atoms in total. The molecule has 0 spiro atoms. The van der Waals surface area contributed by atoms with Crippen LogP contribution in [-0.2, 0) is 0 Å². The first-order valence-corrected chi connectivity index (χ1v) is 9.64. The first-order chi connectivity index (χ1) is 12.3. The zero-order valence-corrected chi connectivity index (χ0v) is 14.9. The number of rotatable bonds is 3. The highest BCUT2D eigenvalue weighted by Crippen LogP contribution is 2.28. The number of likely N-dealkylation sites (tertiary alicyclic amines) is 1. The fourth-order valence-electron chi connectivity index (χ4n) is 4.29. The molecule has 1 atom stereocenters. The molecule has 0 saturated carbocycles. The summed E-state index contributed by atoms with van der Waals surface area (Å²) in [5, 5.41) is 1.01. The van der Waals surface area contributed by atoms with Gasteiger partial charge >= 0.3 is 0 Å². The van der Waals surface area contributed by atoms with Crippen LogP contribution < -0.4 is 10.6 Å². The van der Waals surface area contributed by atoms with Gasteiger partial charge in [0.25, 0.3) is 0 Å². The Balaban J connectivity index is 1.49. The molecular weight excluding hydrogens is 312 g/mol. The number of anilines is 2. The fraction of sp³-hybridized carbons (Fsp3) is 0.632. The predicted molar refractivity (Wildman–Crippen MR) is 102 cm³/mol. The summed E-state index contributed by atoms with van der Waals surface area (Å²) in [7, 11) is 0. The maximum absolute atomic E-state index is 5.80. The average molecular weight is 340 g/mol. The maximum atomic E-state index is 5.80. The molecule has 0 aromatic carbocycles. The van der Waals surface area contributed by atoms with Crippen molar-refractivity contribution < 1.29 is 0 Å². The number of pyridine rings is 1. The van der Waals surface area contributed by atoms with Crippen molar-refractivity contribution in [2.24, 2.45) is 5.92 Å². The predicted octanol–water partition coefficient (Wildman–Crippen LogP) is 2.70. The van der Waals surface area contributed by atoms with Gasteiger partial charge in [0.05, 0.1) is 5.39 Å². The lowest BCUT2D eigenvalue weighted by molar-refractivity contribution is 0.222. The highest BCUT2D eigenvalue weighted by molar-refractivity contribution is 5.87. The highest BCUT2D eigenvalue weighted by Gasteiger charge is 2.24. The van der Waals surface area contributed by atoms with E-state index in [0.717, 1.165) is 30.2 Å². The lowest BCUT2D eigenvalue weighted by atomic mass is 9.97. The highest BCUT2D eigenvalue weighted by atomic mass is 15.2. The molecule has 2 aromatic rings. The molecule has 2 aliphatic rings. The van der Waals surface area contributed by atoms with E-state index < -0.39 is 0 Å². The van der Waals surface area contributed by atoms with Gasteiger partial charge in [-0.3, -0.25) is 0 Å². The van der Waals surface area contributed by atoms with Gasteiger partial charge in [-0.05, 0) is 56.8 Å². The second-order valence-corrected chi connectivity index (χ2v) is 7.47. The number of nitrogen functional groups attached to an aromatic ring is 1. The Bertz CT molecular complexity index is 710. The van der Waals surface area contributed by atoms with E-state index in [1.54, 1.807) is 6.33 Å². The third-order valence-corrected chi connectivity index (χ3v) is 5.53. The number of piperidine rings is 1. The van der Waals surface area contributed by atoms with E-state index in [1.165, 1.54) is 58.2 Å². The van der Waals surface area contributed by atoms with E-state index in [-0.39, 0.29) is 0 Å². The quantitative estimate of drug-likeness (QED) is 0.926. The van der Waals surface area contributed by atoms with Crippen molar-refractivity contribution in [1.29, 1.82) is 0 Å². The first kappa shape index (κ1) is 16.5. The van der Waals surface area contributed by atoms with Crippen molar-refractivity contribution >= 4 is 22.7 Å². The van der Waals surface area contributed by atoms with E-state index in [0.29, 0.717) is 11.5 Å². The van der Waals surface area contributed by atoms with Gasteiger partial charge in [-0.2, -0.15) is 0 Å². The van der Waals surface area contributed by atoms with E-state index in [4.69, 9.17) is 5.73 Å². The lowest BCUT2D eigenvalue weighted by Crippen LogP contribution is -2.41. The summed E-state index contributed by atoms with van der Waals surface area (Å²) in [6.45, 7) is 5.91. The monoisotopic (exact) mass is 340 g/mol. The fourth-order valence-corrected chi connectivity index (χ4v) is 4.29. The van der Waals surface area contributed by atoms with Gasteiger partial charge in [-0.1, -0.05) is 12.8 Å². The van der Waals surface area contributed by atoms with Gasteiger partial charge in [-0.15, -0.1) is 0 Å². The number of nitrogens with two attached hydrogens (primary N) is 1. The Labute approximate surface area is 149 Å². The van der Waals surface area contributed by atoms with Crippen LogP contribution >= 0.6 is 0 Å². The molecule has 0 aliphatic carbocycles. The largest absolute Gasteiger partial charge is 0.384 e. The Morgan fingerprint density at radius 2 is 1.84 bits per heavy atom. The van der Waals surface area contributed by atoms with Crippen LogP contribution in [0.1, 0.15) is 38.5 Å². The molecule has 2 fully saturated rings. The van der Waals surface area contributed by atoms with Crippen molar-refractivity contribution in [3.05, 3.63) is 18.5 Å². The van der Waals surface area contributed by atoms with Crippen LogP contribution in [0.4, 0.5) is 11.6 Å². The molecule has 2 aliphatic heterocycles. The minimum Gasteiger partial charge on any atom is -0.384 e. The molecule has 0 amide bonds. The molecule has 0 bridgehead atoms. The molecule has 2 N–H and O–H groups in total. The van der Waals surface area contributed by atoms with E-state index in [1.807, 2.05) is 12.1 Å². The van der Waals surface area contributed by atoms with Crippen molar-refractivity contribution in [2.45, 2.75) is 38.5 Å². The van der Waals surface area contributed by atoms with Gasteiger partial charge in [0.1, 0.15) is 18.0 Å². The summed E-state index contributed by atoms with van der Waals surface area (Å²) in [5.74, 6) is 2.24. The number of hydrogen-bond acceptors (Lipinski definition) is 6. The van der Waals surface area contributed by atoms with Crippen LogP contribution in [0.15, 0.2) is 18.5 Å². The lowest BCUT2D eigenvalue weighted by Gasteiger charge is -2.36. The standard InChI is InChI=1S/C19H28N6/c20-17-8-7-16-18(23-17)21-14-22-19(16)25-11-5-6-15(13-25)12-24-9-3-1-2-4-10-24/h7-8,14-15H,1-6,9-13H2,(H2,20,21,22,23)/t15-/m1/s1. The summed E-state index contributed by atoms with van der Waals surface area (Å²) < 4.78 is 0. The van der Waals surface area contributed by atoms with Crippen molar-refractivity contribution in [1.82, 2.24) is 19.9 Å². The van der Waals surface area contributed by atoms with E-state index >= 15 is 0 Å². The SMILES string of the molecule is Nc1ccc2c(N3CCC[C@H](CN4CCCCCC4)C3)ncnc2n1. The maximum Gasteiger partial charge on any atom is 0.166 e. The van der Waals surface area contributed by atoms with Gasteiger partial charge < -0.3 is 15.5 Å². The molecule has 4 heterocycles. The minimum atomic E-state index is 0.509. The number of aromatic nitrogens is 3. The molecule has 6 heteroatoms. The molecule has 134 valence electrons. The van der Waals surface area contributed by atoms with Gasteiger partial charge in [-0.25, -0.2) is 15.0 Å². The third-order valence-electron chi connectivity index (χ3n) is 5.53. The molecule has 2 aromatic heterocycles. The first-order valence-electron chi connectivity index (χ1n) is 9.64. The minimum absolute atomic E-state index is 0.509. The van der Waals surface area contributed by atoms with Crippen LogP contribution in [0.25, 0.3) is 11.0 Å². The molecule has 0 radical (unpaired) electrons. The third kappa shape index (κ3) is 3.84. The van der Waals surface area contributed by atoms with Crippen LogP contribution in [-0.4, -0.2) is 52.6 Å². The molecule has 25 heavy (non-hydrogen) atoms. The number of hydrogen-bond donors (Lipinski definition) is 1. The Hall–Kier alpha value is -1.95.